The maximum Gasteiger partial charge on any atom is 0.122 e. The molecule has 0 aliphatic rings. The molecule has 2 heteroatoms. The van der Waals surface area contributed by atoms with Crippen LogP contribution in [0.25, 0.3) is 0 Å². The molecule has 0 spiro atoms. The first-order valence-corrected chi connectivity index (χ1v) is 4.82. The smallest absolute Gasteiger partial charge is 0.122 e. The molecule has 0 fully saturated rings. The molecule has 0 unspecified atom stereocenters. The van der Waals surface area contributed by atoms with Gasteiger partial charge in [0, 0.05) is 6.54 Å². The summed E-state index contributed by atoms with van der Waals surface area (Å²) in [5, 5.41) is 3.04. The van der Waals surface area contributed by atoms with Crippen LogP contribution in [0.2, 0.25) is 0 Å². The third-order valence-corrected chi connectivity index (χ3v) is 1.92. The summed E-state index contributed by atoms with van der Waals surface area (Å²) in [7, 11) is 1.92. The molecular weight excluding hydrogens is 174 g/mol. The Labute approximate surface area is 85.6 Å². The van der Waals surface area contributed by atoms with Gasteiger partial charge in [-0.15, -0.1) is 0 Å². The van der Waals surface area contributed by atoms with Gasteiger partial charge in [0.2, 0.25) is 0 Å². The molecule has 0 amide bonds. The monoisotopic (exact) mass is 191 g/mol. The standard InChI is InChI=1S/C12H17NO/c1-11-7-3-4-8-12(11)14-10-6-5-9-13-2/h3-8,13H,9-10H2,1-2H3/b6-5+. The fourth-order valence-corrected chi connectivity index (χ4v) is 1.13. The van der Waals surface area contributed by atoms with Crippen molar-refractivity contribution in [3.8, 4) is 5.75 Å². The summed E-state index contributed by atoms with van der Waals surface area (Å²) in [5.41, 5.74) is 1.18. The molecule has 0 aliphatic carbocycles. The number of ether oxygens (including phenoxy) is 1. The van der Waals surface area contributed by atoms with E-state index in [9.17, 15) is 0 Å². The van der Waals surface area contributed by atoms with E-state index in [0.717, 1.165) is 12.3 Å². The van der Waals surface area contributed by atoms with Gasteiger partial charge in [-0.05, 0) is 25.6 Å². The summed E-state index contributed by atoms with van der Waals surface area (Å²) < 4.78 is 5.57. The third kappa shape index (κ3) is 3.62. The highest BCUT2D eigenvalue weighted by molar-refractivity contribution is 5.31. The first kappa shape index (κ1) is 10.8. The van der Waals surface area contributed by atoms with Gasteiger partial charge in [0.05, 0.1) is 0 Å². The largest absolute Gasteiger partial charge is 0.489 e. The Bertz CT molecular complexity index is 294. The molecule has 0 bridgehead atoms. The van der Waals surface area contributed by atoms with Gasteiger partial charge >= 0.3 is 0 Å². The van der Waals surface area contributed by atoms with Gasteiger partial charge in [-0.25, -0.2) is 0 Å². The number of nitrogens with one attached hydrogen (secondary N) is 1. The minimum absolute atomic E-state index is 0.631. The summed E-state index contributed by atoms with van der Waals surface area (Å²) in [6.45, 7) is 3.57. The Morgan fingerprint density at radius 3 is 2.79 bits per heavy atom. The van der Waals surface area contributed by atoms with Gasteiger partial charge in [-0.2, -0.15) is 0 Å². The Balaban J connectivity index is 2.35. The summed E-state index contributed by atoms with van der Waals surface area (Å²) in [6.07, 6.45) is 4.07. The van der Waals surface area contributed by atoms with Crippen LogP contribution < -0.4 is 10.1 Å². The Morgan fingerprint density at radius 1 is 1.29 bits per heavy atom. The van der Waals surface area contributed by atoms with E-state index in [1.165, 1.54) is 5.56 Å². The van der Waals surface area contributed by atoms with Crippen LogP contribution in [0.15, 0.2) is 36.4 Å². The second-order valence-corrected chi connectivity index (χ2v) is 3.11. The molecule has 2 nitrogen and oxygen atoms in total. The zero-order chi connectivity index (χ0) is 10.2. The van der Waals surface area contributed by atoms with Gasteiger partial charge in [0.1, 0.15) is 12.4 Å². The first-order valence-electron chi connectivity index (χ1n) is 4.82. The van der Waals surface area contributed by atoms with Crippen molar-refractivity contribution in [3.05, 3.63) is 42.0 Å². The Kier molecular flexibility index (Phi) is 4.79. The maximum atomic E-state index is 5.57. The van der Waals surface area contributed by atoms with Crippen LogP contribution >= 0.6 is 0 Å². The topological polar surface area (TPSA) is 21.3 Å². The molecule has 0 atom stereocenters. The molecular formula is C12H17NO. The van der Waals surface area contributed by atoms with Gasteiger partial charge in [0.15, 0.2) is 0 Å². The van der Waals surface area contributed by atoms with Crippen molar-refractivity contribution < 1.29 is 4.74 Å². The zero-order valence-corrected chi connectivity index (χ0v) is 8.79. The molecule has 0 heterocycles. The van der Waals surface area contributed by atoms with Crippen LogP contribution in [-0.2, 0) is 0 Å². The second kappa shape index (κ2) is 6.22. The molecule has 1 rings (SSSR count). The quantitative estimate of drug-likeness (QED) is 0.720. The van der Waals surface area contributed by atoms with E-state index in [1.54, 1.807) is 0 Å². The van der Waals surface area contributed by atoms with E-state index in [1.807, 2.05) is 44.3 Å². The molecule has 76 valence electrons. The average Bonchev–Trinajstić information content (AvgIpc) is 2.20. The second-order valence-electron chi connectivity index (χ2n) is 3.11. The van der Waals surface area contributed by atoms with E-state index in [-0.39, 0.29) is 0 Å². The number of likely N-dealkylation sites (N-methyl/N-ethyl adjacent to an activating group) is 1. The van der Waals surface area contributed by atoms with Crippen molar-refractivity contribution in [2.24, 2.45) is 0 Å². The highest BCUT2D eigenvalue weighted by atomic mass is 16.5. The van der Waals surface area contributed by atoms with Gasteiger partial charge in [-0.3, -0.25) is 0 Å². The zero-order valence-electron chi connectivity index (χ0n) is 8.79. The van der Waals surface area contributed by atoms with Crippen LogP contribution in [-0.4, -0.2) is 20.2 Å². The predicted octanol–water partition coefficient (Wildman–Crippen LogP) is 2.15. The van der Waals surface area contributed by atoms with Gasteiger partial charge in [0.25, 0.3) is 0 Å². The summed E-state index contributed by atoms with van der Waals surface area (Å²) >= 11 is 0. The number of rotatable bonds is 5. The van der Waals surface area contributed by atoms with Crippen molar-refractivity contribution in [3.63, 3.8) is 0 Å². The lowest BCUT2D eigenvalue weighted by Crippen LogP contribution is -2.04. The summed E-state index contributed by atoms with van der Waals surface area (Å²) in [6, 6.07) is 8.03. The average molecular weight is 191 g/mol. The lowest BCUT2D eigenvalue weighted by Gasteiger charge is -2.05. The normalized spacial score (nSPS) is 10.7. The predicted molar refractivity (Wildman–Crippen MR) is 59.7 cm³/mol. The van der Waals surface area contributed by atoms with E-state index in [2.05, 4.69) is 11.4 Å². The molecule has 14 heavy (non-hydrogen) atoms. The molecule has 1 aromatic rings. The van der Waals surface area contributed by atoms with Crippen molar-refractivity contribution >= 4 is 0 Å². The van der Waals surface area contributed by atoms with E-state index >= 15 is 0 Å². The van der Waals surface area contributed by atoms with E-state index in [0.29, 0.717) is 6.61 Å². The van der Waals surface area contributed by atoms with Crippen LogP contribution in [0, 0.1) is 6.92 Å². The summed E-state index contributed by atoms with van der Waals surface area (Å²) in [4.78, 5) is 0. The summed E-state index contributed by atoms with van der Waals surface area (Å²) in [5.74, 6) is 0.960. The number of hydrogen-bond donors (Lipinski definition) is 1. The number of para-hydroxylation sites is 1. The van der Waals surface area contributed by atoms with Gasteiger partial charge in [-0.1, -0.05) is 30.4 Å². The van der Waals surface area contributed by atoms with Crippen LogP contribution in [0.4, 0.5) is 0 Å². The maximum absolute atomic E-state index is 5.57. The fraction of sp³-hybridized carbons (Fsp3) is 0.333. The molecule has 0 aromatic heterocycles. The first-order chi connectivity index (χ1) is 6.84. The van der Waals surface area contributed by atoms with E-state index in [4.69, 9.17) is 4.74 Å². The van der Waals surface area contributed by atoms with Crippen molar-refractivity contribution in [2.75, 3.05) is 20.2 Å². The Hall–Kier alpha value is -1.28. The lowest BCUT2D eigenvalue weighted by molar-refractivity contribution is 0.360. The molecule has 0 saturated carbocycles. The van der Waals surface area contributed by atoms with Gasteiger partial charge < -0.3 is 10.1 Å². The highest BCUT2D eigenvalue weighted by Gasteiger charge is 1.94. The molecule has 0 aliphatic heterocycles. The molecule has 0 saturated heterocycles. The van der Waals surface area contributed by atoms with Crippen LogP contribution in [0.1, 0.15) is 5.56 Å². The number of benzene rings is 1. The van der Waals surface area contributed by atoms with Crippen LogP contribution in [0.3, 0.4) is 0 Å². The fourth-order valence-electron chi connectivity index (χ4n) is 1.13. The number of aryl methyl sites for hydroxylation is 1. The molecule has 0 radical (unpaired) electrons. The Morgan fingerprint density at radius 2 is 2.07 bits per heavy atom. The van der Waals surface area contributed by atoms with Crippen molar-refractivity contribution in [1.29, 1.82) is 0 Å². The third-order valence-electron chi connectivity index (χ3n) is 1.92. The SMILES string of the molecule is CNC/C=C/COc1ccccc1C. The highest BCUT2D eigenvalue weighted by Crippen LogP contribution is 2.15. The lowest BCUT2D eigenvalue weighted by atomic mass is 10.2. The number of hydrogen-bond acceptors (Lipinski definition) is 2. The molecule has 1 aromatic carbocycles. The minimum atomic E-state index is 0.631. The minimum Gasteiger partial charge on any atom is -0.489 e. The van der Waals surface area contributed by atoms with E-state index < -0.39 is 0 Å². The van der Waals surface area contributed by atoms with Crippen LogP contribution in [0.5, 0.6) is 5.75 Å². The van der Waals surface area contributed by atoms with Crippen molar-refractivity contribution in [1.82, 2.24) is 5.32 Å². The van der Waals surface area contributed by atoms with Crippen molar-refractivity contribution in [2.45, 2.75) is 6.92 Å². The molecule has 1 N–H and O–H groups in total.